The van der Waals surface area contributed by atoms with Crippen LogP contribution in [0.5, 0.6) is 11.5 Å². The summed E-state index contributed by atoms with van der Waals surface area (Å²) in [5.41, 5.74) is 2.14. The lowest BCUT2D eigenvalue weighted by Crippen LogP contribution is -2.39. The molecule has 0 spiro atoms. The Morgan fingerprint density at radius 2 is 1.59 bits per heavy atom. The lowest BCUT2D eigenvalue weighted by Gasteiger charge is -2.27. The average molecular weight is 475 g/mol. The lowest BCUT2D eigenvalue weighted by atomic mass is 9.87. The number of amides is 3. The van der Waals surface area contributed by atoms with Crippen molar-refractivity contribution in [1.82, 2.24) is 10.2 Å². The van der Waals surface area contributed by atoms with E-state index in [0.717, 1.165) is 27.8 Å². The molecule has 34 heavy (non-hydrogen) atoms. The van der Waals surface area contributed by atoms with Gasteiger partial charge >= 0.3 is 0 Å². The summed E-state index contributed by atoms with van der Waals surface area (Å²) in [7, 11) is 0. The van der Waals surface area contributed by atoms with Crippen molar-refractivity contribution in [1.29, 1.82) is 0 Å². The minimum absolute atomic E-state index is 0.0453. The summed E-state index contributed by atoms with van der Waals surface area (Å²) < 4.78 is 19.0. The first kappa shape index (κ1) is 21.9. The zero-order valence-corrected chi connectivity index (χ0v) is 18.7. The summed E-state index contributed by atoms with van der Waals surface area (Å²) in [6.07, 6.45) is 1.55. The van der Waals surface area contributed by atoms with Crippen LogP contribution < -0.4 is 10.1 Å². The summed E-state index contributed by atoms with van der Waals surface area (Å²) in [6.45, 7) is 0.159. The molecule has 0 radical (unpaired) electrons. The number of thioether (sulfide) groups is 1. The second-order valence-corrected chi connectivity index (χ2v) is 8.78. The summed E-state index contributed by atoms with van der Waals surface area (Å²) in [4.78, 5) is 39.6. The first-order chi connectivity index (χ1) is 16.5. The Hall–Kier alpha value is -3.91. The normalized spacial score (nSPS) is 16.3. The number of carbonyl (C=O) groups is 3. The van der Waals surface area contributed by atoms with Gasteiger partial charge in [0.25, 0.3) is 11.1 Å². The van der Waals surface area contributed by atoms with E-state index in [-0.39, 0.29) is 29.7 Å². The van der Waals surface area contributed by atoms with Crippen LogP contribution in [0.1, 0.15) is 22.6 Å². The zero-order chi connectivity index (χ0) is 23.7. The van der Waals surface area contributed by atoms with Crippen molar-refractivity contribution in [2.45, 2.75) is 5.92 Å². The molecule has 3 amide bonds. The van der Waals surface area contributed by atoms with Crippen molar-refractivity contribution < 1.29 is 23.5 Å². The second-order valence-electron chi connectivity index (χ2n) is 7.79. The van der Waals surface area contributed by atoms with Crippen molar-refractivity contribution in [2.75, 3.05) is 13.1 Å². The number of fused-ring (bicyclic) bond motifs is 2. The molecule has 8 heteroatoms. The van der Waals surface area contributed by atoms with Crippen LogP contribution in [0.3, 0.4) is 0 Å². The van der Waals surface area contributed by atoms with Gasteiger partial charge in [-0.05, 0) is 47.7 Å². The van der Waals surface area contributed by atoms with Crippen molar-refractivity contribution in [3.63, 3.8) is 0 Å². The van der Waals surface area contributed by atoms with Crippen LogP contribution in [0.2, 0.25) is 0 Å². The molecule has 1 saturated heterocycles. The fourth-order valence-electron chi connectivity index (χ4n) is 3.99. The van der Waals surface area contributed by atoms with Crippen molar-refractivity contribution in [3.05, 3.63) is 100 Å². The molecule has 0 unspecified atom stereocenters. The van der Waals surface area contributed by atoms with E-state index in [9.17, 15) is 18.8 Å². The molecule has 170 valence electrons. The number of nitrogens with zero attached hydrogens (tertiary/aromatic N) is 1. The summed E-state index contributed by atoms with van der Waals surface area (Å²) in [5, 5.41) is 2.45. The fraction of sp³-hybridized carbons (Fsp3) is 0.115. The van der Waals surface area contributed by atoms with Crippen LogP contribution >= 0.6 is 11.8 Å². The summed E-state index contributed by atoms with van der Waals surface area (Å²) in [5.74, 6) is -0.367. The van der Waals surface area contributed by atoms with Crippen LogP contribution in [-0.4, -0.2) is 35.0 Å². The SMILES string of the molecule is O=C(NCCN1C(=O)S/C(=C/c2ccc(F)cc2)C1=O)C1c2ccccc2Oc2ccccc21. The van der Waals surface area contributed by atoms with E-state index >= 15 is 0 Å². The van der Waals surface area contributed by atoms with Gasteiger partial charge in [-0.15, -0.1) is 0 Å². The molecule has 0 atom stereocenters. The number of halogens is 1. The van der Waals surface area contributed by atoms with Crippen molar-refractivity contribution >= 4 is 34.9 Å². The maximum absolute atomic E-state index is 13.2. The van der Waals surface area contributed by atoms with Crippen molar-refractivity contribution in [2.24, 2.45) is 0 Å². The maximum Gasteiger partial charge on any atom is 0.293 e. The highest BCUT2D eigenvalue weighted by atomic mass is 32.2. The van der Waals surface area contributed by atoms with Gasteiger partial charge in [0.05, 0.1) is 10.8 Å². The molecule has 2 aliphatic rings. The molecule has 2 aliphatic heterocycles. The Kier molecular flexibility index (Phi) is 5.90. The Labute approximate surface area is 199 Å². The van der Waals surface area contributed by atoms with E-state index in [2.05, 4.69) is 5.32 Å². The third-order valence-corrected chi connectivity index (χ3v) is 6.53. The summed E-state index contributed by atoms with van der Waals surface area (Å²) >= 11 is 0.825. The quantitative estimate of drug-likeness (QED) is 0.532. The standard InChI is InChI=1S/C26H19FN2O4S/c27-17-11-9-16(10-12-17)15-22-25(31)29(26(32)34-22)14-13-28-24(30)23-18-5-1-3-7-20(18)33-21-8-4-2-6-19(21)23/h1-12,15,23H,13-14H2,(H,28,30)/b22-15+. The highest BCUT2D eigenvalue weighted by Crippen LogP contribution is 2.43. The monoisotopic (exact) mass is 474 g/mol. The highest BCUT2D eigenvalue weighted by molar-refractivity contribution is 8.18. The number of hydrogen-bond acceptors (Lipinski definition) is 5. The molecule has 0 bridgehead atoms. The number of carbonyl (C=O) groups excluding carboxylic acids is 3. The number of nitrogens with one attached hydrogen (secondary N) is 1. The molecule has 6 nitrogen and oxygen atoms in total. The van der Waals surface area contributed by atoms with Gasteiger partial charge in [0.15, 0.2) is 0 Å². The minimum Gasteiger partial charge on any atom is -0.457 e. The van der Waals surface area contributed by atoms with Crippen LogP contribution in [0, 0.1) is 5.82 Å². The number of ether oxygens (including phenoxy) is 1. The van der Waals surface area contributed by atoms with Crippen LogP contribution in [0.15, 0.2) is 77.7 Å². The van der Waals surface area contributed by atoms with Crippen molar-refractivity contribution in [3.8, 4) is 11.5 Å². The lowest BCUT2D eigenvalue weighted by molar-refractivity contribution is -0.124. The molecule has 3 aromatic carbocycles. The number of hydrogen-bond donors (Lipinski definition) is 1. The van der Waals surface area contributed by atoms with E-state index in [0.29, 0.717) is 17.1 Å². The van der Waals surface area contributed by atoms with E-state index in [1.165, 1.54) is 24.3 Å². The molecule has 3 aromatic rings. The molecule has 0 aromatic heterocycles. The third kappa shape index (κ3) is 4.20. The van der Waals surface area contributed by atoms with Crippen LogP contribution in [0.4, 0.5) is 9.18 Å². The Morgan fingerprint density at radius 3 is 2.24 bits per heavy atom. The number of imide groups is 1. The van der Waals surface area contributed by atoms with Gasteiger partial charge in [-0.3, -0.25) is 19.3 Å². The van der Waals surface area contributed by atoms with Gasteiger partial charge in [0.1, 0.15) is 17.3 Å². The van der Waals surface area contributed by atoms with E-state index in [1.807, 2.05) is 48.5 Å². The average Bonchev–Trinajstić information content (AvgIpc) is 3.11. The molecule has 5 rings (SSSR count). The van der Waals surface area contributed by atoms with Gasteiger partial charge in [-0.1, -0.05) is 48.5 Å². The third-order valence-electron chi connectivity index (χ3n) is 5.62. The molecular weight excluding hydrogens is 455 g/mol. The molecular formula is C26H19FN2O4S. The largest absolute Gasteiger partial charge is 0.457 e. The predicted molar refractivity (Wildman–Crippen MR) is 127 cm³/mol. The Bertz CT molecular complexity index is 1280. The fourth-order valence-corrected chi connectivity index (χ4v) is 4.85. The number of benzene rings is 3. The number of para-hydroxylation sites is 2. The van der Waals surface area contributed by atoms with E-state index in [4.69, 9.17) is 4.74 Å². The minimum atomic E-state index is -0.561. The molecule has 1 fully saturated rings. The maximum atomic E-state index is 13.2. The molecule has 0 aliphatic carbocycles. The Morgan fingerprint density at radius 1 is 0.971 bits per heavy atom. The topological polar surface area (TPSA) is 75.7 Å². The first-order valence-corrected chi connectivity index (χ1v) is 11.5. The zero-order valence-electron chi connectivity index (χ0n) is 17.9. The predicted octanol–water partition coefficient (Wildman–Crippen LogP) is 4.92. The van der Waals surface area contributed by atoms with Gasteiger partial charge in [0.2, 0.25) is 5.91 Å². The smallest absolute Gasteiger partial charge is 0.293 e. The van der Waals surface area contributed by atoms with Gasteiger partial charge in [0, 0.05) is 24.2 Å². The van der Waals surface area contributed by atoms with Crippen LogP contribution in [0.25, 0.3) is 6.08 Å². The Balaban J connectivity index is 1.27. The van der Waals surface area contributed by atoms with Gasteiger partial charge in [-0.2, -0.15) is 0 Å². The highest BCUT2D eigenvalue weighted by Gasteiger charge is 2.36. The molecule has 2 heterocycles. The van der Waals surface area contributed by atoms with E-state index < -0.39 is 17.1 Å². The molecule has 0 saturated carbocycles. The second kappa shape index (κ2) is 9.15. The number of rotatable bonds is 5. The van der Waals surface area contributed by atoms with Gasteiger partial charge < -0.3 is 10.1 Å². The summed E-state index contributed by atoms with van der Waals surface area (Å²) in [6, 6.07) is 20.4. The van der Waals surface area contributed by atoms with E-state index in [1.54, 1.807) is 6.08 Å². The van der Waals surface area contributed by atoms with Crippen LogP contribution in [-0.2, 0) is 9.59 Å². The first-order valence-electron chi connectivity index (χ1n) is 10.7. The van der Waals surface area contributed by atoms with Gasteiger partial charge in [-0.25, -0.2) is 4.39 Å². The molecule has 1 N–H and O–H groups in total.